The van der Waals surface area contributed by atoms with Gasteiger partial charge in [0.05, 0.1) is 0 Å². The summed E-state index contributed by atoms with van der Waals surface area (Å²) in [5, 5.41) is 0. The standard InChI is InChI=1S/C15H21IN2O/c1-3-9-17(2)14-8-10-18(11-14)15(19)12-4-6-13(16)7-5-12/h4-7,14H,3,8-11H2,1-2H3/t14-/m0/s1. The summed E-state index contributed by atoms with van der Waals surface area (Å²) in [6.45, 7) is 5.04. The van der Waals surface area contributed by atoms with E-state index in [0.29, 0.717) is 6.04 Å². The van der Waals surface area contributed by atoms with Gasteiger partial charge in [0.2, 0.25) is 0 Å². The number of hydrogen-bond donors (Lipinski definition) is 0. The minimum absolute atomic E-state index is 0.170. The molecule has 19 heavy (non-hydrogen) atoms. The summed E-state index contributed by atoms with van der Waals surface area (Å²) < 4.78 is 1.16. The summed E-state index contributed by atoms with van der Waals surface area (Å²) in [7, 11) is 2.16. The van der Waals surface area contributed by atoms with Crippen LogP contribution in [0.3, 0.4) is 0 Å². The fourth-order valence-electron chi connectivity index (χ4n) is 2.60. The fourth-order valence-corrected chi connectivity index (χ4v) is 2.96. The van der Waals surface area contributed by atoms with Gasteiger partial charge in [-0.3, -0.25) is 4.79 Å². The number of likely N-dealkylation sites (N-methyl/N-ethyl adjacent to an activating group) is 1. The van der Waals surface area contributed by atoms with E-state index in [0.717, 1.165) is 41.6 Å². The summed E-state index contributed by atoms with van der Waals surface area (Å²) in [4.78, 5) is 16.8. The molecule has 0 unspecified atom stereocenters. The summed E-state index contributed by atoms with van der Waals surface area (Å²) in [5.41, 5.74) is 0.805. The first-order chi connectivity index (χ1) is 9.11. The molecule has 4 heteroatoms. The van der Waals surface area contributed by atoms with Crippen molar-refractivity contribution in [2.75, 3.05) is 26.7 Å². The lowest BCUT2D eigenvalue weighted by molar-refractivity contribution is 0.0780. The van der Waals surface area contributed by atoms with E-state index in [4.69, 9.17) is 0 Å². The molecule has 0 aliphatic carbocycles. The Balaban J connectivity index is 1.97. The minimum Gasteiger partial charge on any atom is -0.337 e. The van der Waals surface area contributed by atoms with E-state index in [1.165, 1.54) is 0 Å². The van der Waals surface area contributed by atoms with Crippen LogP contribution in [-0.2, 0) is 0 Å². The van der Waals surface area contributed by atoms with Gasteiger partial charge in [-0.2, -0.15) is 0 Å². The van der Waals surface area contributed by atoms with Crippen LogP contribution in [-0.4, -0.2) is 48.4 Å². The third-order valence-corrected chi connectivity index (χ3v) is 4.46. The number of amides is 1. The van der Waals surface area contributed by atoms with Gasteiger partial charge < -0.3 is 9.80 Å². The molecule has 0 radical (unpaired) electrons. The molecule has 1 fully saturated rings. The maximum absolute atomic E-state index is 12.4. The first-order valence-corrected chi connectivity index (χ1v) is 7.94. The molecule has 1 aliphatic rings. The molecule has 1 aliphatic heterocycles. The van der Waals surface area contributed by atoms with Crippen molar-refractivity contribution in [2.24, 2.45) is 0 Å². The zero-order valence-electron chi connectivity index (χ0n) is 11.6. The van der Waals surface area contributed by atoms with Crippen LogP contribution in [0.2, 0.25) is 0 Å². The number of likely N-dealkylation sites (tertiary alicyclic amines) is 1. The van der Waals surface area contributed by atoms with Crippen molar-refractivity contribution in [2.45, 2.75) is 25.8 Å². The van der Waals surface area contributed by atoms with Crippen molar-refractivity contribution in [3.63, 3.8) is 0 Å². The third kappa shape index (κ3) is 3.69. The molecule has 0 bridgehead atoms. The Hall–Kier alpha value is -0.620. The smallest absolute Gasteiger partial charge is 0.253 e. The van der Waals surface area contributed by atoms with E-state index in [1.807, 2.05) is 29.2 Å². The van der Waals surface area contributed by atoms with Crippen LogP contribution < -0.4 is 0 Å². The predicted octanol–water partition coefficient (Wildman–Crippen LogP) is 2.85. The molecule has 1 amide bonds. The molecule has 1 heterocycles. The number of benzene rings is 1. The third-order valence-electron chi connectivity index (χ3n) is 3.74. The fraction of sp³-hybridized carbons (Fsp3) is 0.533. The van der Waals surface area contributed by atoms with Gasteiger partial charge in [-0.05, 0) is 73.3 Å². The first-order valence-electron chi connectivity index (χ1n) is 6.87. The highest BCUT2D eigenvalue weighted by Gasteiger charge is 2.28. The Morgan fingerprint density at radius 2 is 2.11 bits per heavy atom. The van der Waals surface area contributed by atoms with Crippen LogP contribution in [0.5, 0.6) is 0 Å². The summed E-state index contributed by atoms with van der Waals surface area (Å²) in [6.07, 6.45) is 2.25. The number of nitrogens with zero attached hydrogens (tertiary/aromatic N) is 2. The predicted molar refractivity (Wildman–Crippen MR) is 86.4 cm³/mol. The average molecular weight is 372 g/mol. The first kappa shape index (κ1) is 14.8. The molecule has 2 rings (SSSR count). The van der Waals surface area contributed by atoms with E-state index in [1.54, 1.807) is 0 Å². The van der Waals surface area contributed by atoms with Gasteiger partial charge in [0, 0.05) is 28.3 Å². The molecule has 0 N–H and O–H groups in total. The van der Waals surface area contributed by atoms with Crippen LogP contribution in [0.4, 0.5) is 0 Å². The SMILES string of the molecule is CCCN(C)[C@H]1CCN(C(=O)c2ccc(I)cc2)C1. The Bertz CT molecular complexity index is 432. The Labute approximate surface area is 129 Å². The van der Waals surface area contributed by atoms with Crippen LogP contribution in [0, 0.1) is 3.57 Å². The van der Waals surface area contributed by atoms with Gasteiger partial charge in [0.15, 0.2) is 0 Å². The second-order valence-electron chi connectivity index (χ2n) is 5.18. The topological polar surface area (TPSA) is 23.6 Å². The van der Waals surface area contributed by atoms with E-state index < -0.39 is 0 Å². The lowest BCUT2D eigenvalue weighted by Crippen LogP contribution is -2.36. The quantitative estimate of drug-likeness (QED) is 0.759. The normalized spacial score (nSPS) is 19.2. The maximum atomic E-state index is 12.4. The van der Waals surface area contributed by atoms with Gasteiger partial charge in [0.25, 0.3) is 5.91 Å². The lowest BCUT2D eigenvalue weighted by Gasteiger charge is -2.24. The van der Waals surface area contributed by atoms with Crippen molar-refractivity contribution in [1.29, 1.82) is 0 Å². The van der Waals surface area contributed by atoms with E-state index >= 15 is 0 Å². The zero-order chi connectivity index (χ0) is 13.8. The number of hydrogen-bond acceptors (Lipinski definition) is 2. The Kier molecular flexibility index (Phi) is 5.21. The van der Waals surface area contributed by atoms with Crippen molar-refractivity contribution >= 4 is 28.5 Å². The monoisotopic (exact) mass is 372 g/mol. The summed E-state index contributed by atoms with van der Waals surface area (Å²) >= 11 is 2.26. The highest BCUT2D eigenvalue weighted by atomic mass is 127. The number of carbonyl (C=O) groups is 1. The molecule has 0 spiro atoms. The average Bonchev–Trinajstić information content (AvgIpc) is 2.89. The molecule has 1 aromatic rings. The van der Waals surface area contributed by atoms with Gasteiger partial charge in [-0.1, -0.05) is 6.92 Å². The molecule has 1 atom stereocenters. The maximum Gasteiger partial charge on any atom is 0.253 e. The van der Waals surface area contributed by atoms with E-state index in [9.17, 15) is 4.79 Å². The van der Waals surface area contributed by atoms with Crippen molar-refractivity contribution in [3.05, 3.63) is 33.4 Å². The second-order valence-corrected chi connectivity index (χ2v) is 6.43. The van der Waals surface area contributed by atoms with Gasteiger partial charge >= 0.3 is 0 Å². The number of halogens is 1. The molecule has 1 saturated heterocycles. The summed E-state index contributed by atoms with van der Waals surface area (Å²) in [6, 6.07) is 8.35. The van der Waals surface area contributed by atoms with Crippen LogP contribution in [0.1, 0.15) is 30.1 Å². The summed E-state index contributed by atoms with van der Waals surface area (Å²) in [5.74, 6) is 0.170. The van der Waals surface area contributed by atoms with Crippen LogP contribution >= 0.6 is 22.6 Å². The molecule has 1 aromatic carbocycles. The Morgan fingerprint density at radius 3 is 2.74 bits per heavy atom. The molecule has 3 nitrogen and oxygen atoms in total. The van der Waals surface area contributed by atoms with Crippen molar-refractivity contribution in [1.82, 2.24) is 9.80 Å². The van der Waals surface area contributed by atoms with E-state index in [2.05, 4.69) is 41.5 Å². The highest BCUT2D eigenvalue weighted by molar-refractivity contribution is 14.1. The van der Waals surface area contributed by atoms with Gasteiger partial charge in [-0.15, -0.1) is 0 Å². The van der Waals surface area contributed by atoms with Gasteiger partial charge in [0.1, 0.15) is 0 Å². The largest absolute Gasteiger partial charge is 0.337 e. The zero-order valence-corrected chi connectivity index (χ0v) is 13.8. The minimum atomic E-state index is 0.170. The second kappa shape index (κ2) is 6.70. The molecular weight excluding hydrogens is 351 g/mol. The molecular formula is C15H21IN2O. The van der Waals surface area contributed by atoms with Crippen molar-refractivity contribution < 1.29 is 4.79 Å². The Morgan fingerprint density at radius 1 is 1.42 bits per heavy atom. The van der Waals surface area contributed by atoms with Crippen LogP contribution in [0.25, 0.3) is 0 Å². The molecule has 0 saturated carbocycles. The number of rotatable bonds is 4. The molecule has 0 aromatic heterocycles. The van der Waals surface area contributed by atoms with Crippen LogP contribution in [0.15, 0.2) is 24.3 Å². The lowest BCUT2D eigenvalue weighted by atomic mass is 10.2. The van der Waals surface area contributed by atoms with E-state index in [-0.39, 0.29) is 5.91 Å². The van der Waals surface area contributed by atoms with Gasteiger partial charge in [-0.25, -0.2) is 0 Å². The highest BCUT2D eigenvalue weighted by Crippen LogP contribution is 2.18. The van der Waals surface area contributed by atoms with Crippen molar-refractivity contribution in [3.8, 4) is 0 Å². The molecule has 104 valence electrons. The number of carbonyl (C=O) groups excluding carboxylic acids is 1.